The Morgan fingerprint density at radius 3 is 2.37 bits per heavy atom. The summed E-state index contributed by atoms with van der Waals surface area (Å²) in [6.45, 7) is 12.9. The number of ketones is 2. The number of alkyl halides is 1. The van der Waals surface area contributed by atoms with E-state index in [0.29, 0.717) is 6.42 Å². The maximum atomic E-state index is 14.7. The normalized spacial score (nSPS) is 42.0. The number of cyclic esters (lactones) is 1. The zero-order valence-electron chi connectivity index (χ0n) is 34.9. The highest BCUT2D eigenvalue weighted by Gasteiger charge is 2.62. The number of nitrogens with zero attached hydrogens (tertiary/aromatic N) is 2. The van der Waals surface area contributed by atoms with Crippen LogP contribution < -0.4 is 11.1 Å². The highest BCUT2D eigenvalue weighted by molar-refractivity contribution is 6.03. The standard InChI is InChI=1S/C41H61FN4O11/c1-12-28-40(8)30(29(37(51)57-40)35(43)45-53-19-15-17-41(42)16-13-14-18-44-41)24(4)31(47)22(2)21-39(7,52-11)34(25(5)32(48)26(6)36(50)55-28)56-38-33(49)27(46(9)10)20-23(3)54-38/h13-14,16,18,22-30,33-34,38,44,49H,12,19-21H2,1-11H3,(H2,43,45)/t22-,23?,24-,25+,26-,27?,28-,29?,30?,33?,34-,38?,39+,40-,41?/m1/s1. The Kier molecular flexibility index (Phi) is 14.8. The van der Waals surface area contributed by atoms with Crippen molar-refractivity contribution in [3.8, 4) is 11.8 Å². The molecule has 4 N–H and O–H groups in total. The molecule has 0 spiro atoms. The number of hydrogen-bond donors (Lipinski definition) is 3. The Bertz CT molecular complexity index is 1660. The summed E-state index contributed by atoms with van der Waals surface area (Å²) in [4.78, 5) is 63.7. The molecule has 4 heterocycles. The highest BCUT2D eigenvalue weighted by atomic mass is 19.1. The van der Waals surface area contributed by atoms with Gasteiger partial charge in [0, 0.05) is 43.0 Å². The summed E-state index contributed by atoms with van der Waals surface area (Å²) in [6, 6.07) is -0.317. The van der Waals surface area contributed by atoms with Gasteiger partial charge in [-0.25, -0.2) is 4.39 Å². The summed E-state index contributed by atoms with van der Waals surface area (Å²) in [5.74, 6) is -6.39. The van der Waals surface area contributed by atoms with Gasteiger partial charge in [-0.1, -0.05) is 44.8 Å². The molecule has 3 saturated heterocycles. The molecule has 0 aliphatic carbocycles. The van der Waals surface area contributed by atoms with Crippen molar-refractivity contribution in [3.63, 3.8) is 0 Å². The number of esters is 2. The second-order valence-corrected chi connectivity index (χ2v) is 16.5. The fourth-order valence-corrected chi connectivity index (χ4v) is 8.84. The van der Waals surface area contributed by atoms with Crippen molar-refractivity contribution in [2.24, 2.45) is 46.4 Å². The van der Waals surface area contributed by atoms with Crippen molar-refractivity contribution in [1.82, 2.24) is 10.2 Å². The zero-order chi connectivity index (χ0) is 42.6. The van der Waals surface area contributed by atoms with Crippen molar-refractivity contribution < 1.29 is 57.2 Å². The summed E-state index contributed by atoms with van der Waals surface area (Å²) in [6.07, 6.45) is 1.68. The highest BCUT2D eigenvalue weighted by Crippen LogP contribution is 2.48. The van der Waals surface area contributed by atoms with E-state index >= 15 is 0 Å². The number of halogens is 1. The lowest BCUT2D eigenvalue weighted by Gasteiger charge is -2.47. The van der Waals surface area contributed by atoms with Gasteiger partial charge >= 0.3 is 11.9 Å². The van der Waals surface area contributed by atoms with Gasteiger partial charge in [0.1, 0.15) is 29.8 Å². The summed E-state index contributed by atoms with van der Waals surface area (Å²) in [7, 11) is 5.13. The number of ether oxygens (including phenoxy) is 5. The second-order valence-electron chi connectivity index (χ2n) is 16.5. The smallest absolute Gasteiger partial charge is 0.317 e. The molecule has 4 aliphatic rings. The first-order valence-corrected chi connectivity index (χ1v) is 19.6. The predicted octanol–water partition coefficient (Wildman–Crippen LogP) is 2.79. The van der Waals surface area contributed by atoms with Crippen LogP contribution in [0.1, 0.15) is 74.7 Å². The molecule has 0 bridgehead atoms. The third kappa shape index (κ3) is 9.71. The van der Waals surface area contributed by atoms with E-state index < -0.39 is 94.8 Å². The Hall–Kier alpha value is -3.88. The minimum absolute atomic E-state index is 0.0324. The maximum absolute atomic E-state index is 14.7. The molecule has 4 aliphatic heterocycles. The number of allylic oxidation sites excluding steroid dienone is 2. The SMILES string of the molecule is CC[C@H]1OC(=O)[C@H](C)C(=O)[C@H](C)[C@@H](OC2OC(C)CC(N(C)C)C2O)[C@@](C)(OC)C[C@@H](C)C(=O)[C@H](C)C2C(/C(N)=N\OCC#CC3(F)C=CC=CN3)C(=O)O[C@@]21C. The first-order valence-electron chi connectivity index (χ1n) is 19.6. The molecule has 0 radical (unpaired) electrons. The lowest BCUT2D eigenvalue weighted by Crippen LogP contribution is -2.59. The molecule has 15 nitrogen and oxygen atoms in total. The molecule has 0 amide bonds. The van der Waals surface area contributed by atoms with E-state index in [1.165, 1.54) is 32.4 Å². The number of fused-ring (bicyclic) bond motifs is 1. The molecular formula is C41H61FN4O11. The molecule has 0 aromatic rings. The minimum Gasteiger partial charge on any atom is -0.458 e. The number of oxime groups is 1. The van der Waals surface area contributed by atoms with Gasteiger partial charge < -0.3 is 49.6 Å². The third-order valence-electron chi connectivity index (χ3n) is 12.1. The molecule has 15 atom stereocenters. The van der Waals surface area contributed by atoms with Crippen LogP contribution in [0.4, 0.5) is 4.39 Å². The van der Waals surface area contributed by atoms with Gasteiger partial charge in [0.25, 0.3) is 5.79 Å². The fraction of sp³-hybridized carbons (Fsp3) is 0.732. The first kappa shape index (κ1) is 45.8. The predicted molar refractivity (Wildman–Crippen MR) is 206 cm³/mol. The van der Waals surface area contributed by atoms with Gasteiger partial charge in [0.05, 0.1) is 17.8 Å². The number of carbonyl (C=O) groups excluding carboxylic acids is 4. The van der Waals surface area contributed by atoms with Crippen LogP contribution in [0.3, 0.4) is 0 Å². The van der Waals surface area contributed by atoms with Crippen molar-refractivity contribution in [1.29, 1.82) is 0 Å². The Balaban J connectivity index is 1.73. The number of methoxy groups -OCH3 is 1. The average Bonchev–Trinajstić information content (AvgIpc) is 3.44. The number of rotatable bonds is 8. The topological polar surface area (TPSA) is 198 Å². The number of hydrogen-bond acceptors (Lipinski definition) is 14. The fourth-order valence-electron chi connectivity index (χ4n) is 8.84. The van der Waals surface area contributed by atoms with Crippen LogP contribution in [-0.2, 0) is 47.7 Å². The van der Waals surface area contributed by atoms with E-state index in [0.717, 1.165) is 0 Å². The van der Waals surface area contributed by atoms with Crippen LogP contribution in [0.25, 0.3) is 0 Å². The number of carbonyl (C=O) groups is 4. The molecule has 0 saturated carbocycles. The average molecular weight is 805 g/mol. The summed E-state index contributed by atoms with van der Waals surface area (Å²) >= 11 is 0. The Morgan fingerprint density at radius 2 is 1.77 bits per heavy atom. The maximum Gasteiger partial charge on any atom is 0.317 e. The van der Waals surface area contributed by atoms with E-state index in [9.17, 15) is 28.7 Å². The second kappa shape index (κ2) is 18.4. The number of Topliss-reactive ketones (excluding diaryl/α,β-unsaturated/α-hetero) is 2. The lowest BCUT2D eigenvalue weighted by atomic mass is 9.67. The van der Waals surface area contributed by atoms with Crippen LogP contribution in [0.2, 0.25) is 0 Å². The summed E-state index contributed by atoms with van der Waals surface area (Å²) in [5.41, 5.74) is 3.47. The van der Waals surface area contributed by atoms with E-state index in [1.807, 2.05) is 25.9 Å². The van der Waals surface area contributed by atoms with Crippen molar-refractivity contribution in [3.05, 3.63) is 24.4 Å². The molecule has 3 fully saturated rings. The number of nitrogens with one attached hydrogen (secondary N) is 1. The lowest BCUT2D eigenvalue weighted by molar-refractivity contribution is -0.295. The molecule has 7 unspecified atom stereocenters. The van der Waals surface area contributed by atoms with Gasteiger partial charge in [0.2, 0.25) is 0 Å². The van der Waals surface area contributed by atoms with Crippen molar-refractivity contribution >= 4 is 29.3 Å². The Labute approximate surface area is 335 Å². The van der Waals surface area contributed by atoms with E-state index in [4.69, 9.17) is 34.3 Å². The molecular weight excluding hydrogens is 743 g/mol. The largest absolute Gasteiger partial charge is 0.458 e. The molecule has 16 heteroatoms. The van der Waals surface area contributed by atoms with E-state index in [1.54, 1.807) is 47.6 Å². The Morgan fingerprint density at radius 1 is 1.09 bits per heavy atom. The van der Waals surface area contributed by atoms with Gasteiger partial charge in [0.15, 0.2) is 30.1 Å². The number of aliphatic hydroxyl groups is 1. The molecule has 0 aromatic heterocycles. The van der Waals surface area contributed by atoms with Crippen molar-refractivity contribution in [2.75, 3.05) is 27.8 Å². The number of nitrogens with two attached hydrogens (primary N) is 1. The van der Waals surface area contributed by atoms with Crippen molar-refractivity contribution in [2.45, 2.75) is 128 Å². The van der Waals surface area contributed by atoms with E-state index in [-0.39, 0.29) is 43.2 Å². The molecule has 0 aromatic carbocycles. The monoisotopic (exact) mass is 804 g/mol. The van der Waals surface area contributed by atoms with Crippen LogP contribution in [0.5, 0.6) is 0 Å². The number of likely N-dealkylation sites (N-methyl/N-ethyl adjacent to an activating group) is 1. The third-order valence-corrected chi connectivity index (χ3v) is 12.1. The van der Waals surface area contributed by atoms with Gasteiger partial charge in [-0.2, -0.15) is 0 Å². The molecule has 318 valence electrons. The quantitative estimate of drug-likeness (QED) is 0.0473. The van der Waals surface area contributed by atoms with Crippen LogP contribution in [0, 0.1) is 47.3 Å². The summed E-state index contributed by atoms with van der Waals surface area (Å²) < 4.78 is 45.5. The van der Waals surface area contributed by atoms with Crippen LogP contribution in [-0.4, -0.2) is 121 Å². The van der Waals surface area contributed by atoms with Gasteiger partial charge in [-0.3, -0.25) is 19.2 Å². The number of aliphatic hydroxyl groups excluding tert-OH is 1. The van der Waals surface area contributed by atoms with Crippen LogP contribution in [0.15, 0.2) is 29.6 Å². The van der Waals surface area contributed by atoms with Gasteiger partial charge in [-0.15, -0.1) is 0 Å². The van der Waals surface area contributed by atoms with E-state index in [2.05, 4.69) is 22.3 Å². The van der Waals surface area contributed by atoms with Crippen LogP contribution >= 0.6 is 0 Å². The minimum atomic E-state index is -2.10. The first-order chi connectivity index (χ1) is 26.6. The number of dihydropyridines is 1. The number of amidine groups is 1. The zero-order valence-corrected chi connectivity index (χ0v) is 34.9. The van der Waals surface area contributed by atoms with Gasteiger partial charge in [-0.05, 0) is 79.1 Å². The molecule has 4 rings (SSSR count). The molecule has 57 heavy (non-hydrogen) atoms. The summed E-state index contributed by atoms with van der Waals surface area (Å²) in [5, 5.41) is 17.8.